The van der Waals surface area contributed by atoms with Crippen molar-refractivity contribution in [2.24, 2.45) is 0 Å². The summed E-state index contributed by atoms with van der Waals surface area (Å²) < 4.78 is 15.8. The molecule has 1 N–H and O–H groups in total. The third-order valence-electron chi connectivity index (χ3n) is 2.63. The van der Waals surface area contributed by atoms with Crippen molar-refractivity contribution >= 4 is 21.9 Å². The van der Waals surface area contributed by atoms with Crippen LogP contribution in [0.3, 0.4) is 0 Å². The summed E-state index contributed by atoms with van der Waals surface area (Å²) in [5.74, 6) is 0.323. The lowest BCUT2D eigenvalue weighted by Crippen LogP contribution is -2.12. The van der Waals surface area contributed by atoms with Gasteiger partial charge < -0.3 is 19.3 Å². The number of halogens is 1. The van der Waals surface area contributed by atoms with Crippen LogP contribution in [-0.2, 0) is 9.53 Å². The molecule has 1 aromatic rings. The van der Waals surface area contributed by atoms with Gasteiger partial charge in [0.25, 0.3) is 0 Å². The SMILES string of the molecule is C=C(C(=O)OC)C(O)c1cc(Br)c(OCC)c(OC)c1. The highest BCUT2D eigenvalue weighted by atomic mass is 79.9. The Hall–Kier alpha value is -1.53. The Morgan fingerprint density at radius 2 is 2.10 bits per heavy atom. The average Bonchev–Trinajstić information content (AvgIpc) is 2.46. The Bertz CT molecular complexity index is 513. The molecule has 1 unspecified atom stereocenters. The van der Waals surface area contributed by atoms with E-state index in [1.807, 2.05) is 6.92 Å². The van der Waals surface area contributed by atoms with Gasteiger partial charge in [0.15, 0.2) is 11.5 Å². The summed E-state index contributed by atoms with van der Waals surface area (Å²) >= 11 is 3.35. The van der Waals surface area contributed by atoms with Crippen LogP contribution in [0.4, 0.5) is 0 Å². The van der Waals surface area contributed by atoms with Crippen LogP contribution in [0.25, 0.3) is 0 Å². The zero-order chi connectivity index (χ0) is 15.3. The fraction of sp³-hybridized carbons (Fsp3) is 0.357. The van der Waals surface area contributed by atoms with E-state index < -0.39 is 12.1 Å². The number of carbonyl (C=O) groups is 1. The molecule has 0 saturated carbocycles. The first kappa shape index (κ1) is 16.5. The van der Waals surface area contributed by atoms with Crippen LogP contribution in [0, 0.1) is 0 Å². The van der Waals surface area contributed by atoms with E-state index >= 15 is 0 Å². The highest BCUT2D eigenvalue weighted by Gasteiger charge is 2.22. The molecule has 0 spiro atoms. The summed E-state index contributed by atoms with van der Waals surface area (Å²) in [6.07, 6.45) is -1.18. The predicted molar refractivity (Wildman–Crippen MR) is 78.0 cm³/mol. The monoisotopic (exact) mass is 344 g/mol. The van der Waals surface area contributed by atoms with Crippen LogP contribution >= 0.6 is 15.9 Å². The largest absolute Gasteiger partial charge is 0.493 e. The van der Waals surface area contributed by atoms with Gasteiger partial charge in [0.2, 0.25) is 0 Å². The lowest BCUT2D eigenvalue weighted by atomic mass is 10.0. The second kappa shape index (κ2) is 7.31. The average molecular weight is 345 g/mol. The van der Waals surface area contributed by atoms with E-state index in [0.29, 0.717) is 28.1 Å². The fourth-order valence-electron chi connectivity index (χ4n) is 1.63. The minimum atomic E-state index is -1.18. The minimum Gasteiger partial charge on any atom is -0.493 e. The van der Waals surface area contributed by atoms with Crippen LogP contribution in [0.15, 0.2) is 28.8 Å². The number of esters is 1. The molecule has 0 heterocycles. The Labute approximate surface area is 126 Å². The van der Waals surface area contributed by atoms with Crippen LogP contribution in [0.1, 0.15) is 18.6 Å². The molecule has 0 amide bonds. The maximum atomic E-state index is 11.4. The number of hydrogen-bond acceptors (Lipinski definition) is 5. The molecule has 0 aliphatic carbocycles. The fourth-order valence-corrected chi connectivity index (χ4v) is 2.20. The van der Waals surface area contributed by atoms with Gasteiger partial charge in [0.05, 0.1) is 30.9 Å². The number of aliphatic hydroxyl groups excluding tert-OH is 1. The van der Waals surface area contributed by atoms with E-state index in [9.17, 15) is 9.90 Å². The number of methoxy groups -OCH3 is 2. The molecular formula is C14H17BrO5. The molecule has 0 aliphatic heterocycles. The molecule has 1 rings (SSSR count). The summed E-state index contributed by atoms with van der Waals surface area (Å²) in [6.45, 7) is 5.87. The number of carbonyl (C=O) groups excluding carboxylic acids is 1. The normalized spacial score (nSPS) is 11.7. The number of rotatable bonds is 6. The van der Waals surface area contributed by atoms with Gasteiger partial charge in [-0.15, -0.1) is 0 Å². The molecule has 1 aromatic carbocycles. The highest BCUT2D eigenvalue weighted by Crippen LogP contribution is 2.39. The van der Waals surface area contributed by atoms with Crippen molar-refractivity contribution < 1.29 is 24.1 Å². The molecule has 6 heteroatoms. The molecule has 0 aliphatic rings. The molecule has 0 saturated heterocycles. The van der Waals surface area contributed by atoms with Crippen LogP contribution in [-0.4, -0.2) is 31.9 Å². The van der Waals surface area contributed by atoms with Crippen LogP contribution < -0.4 is 9.47 Å². The zero-order valence-corrected chi connectivity index (χ0v) is 13.2. The smallest absolute Gasteiger partial charge is 0.336 e. The summed E-state index contributed by atoms with van der Waals surface area (Å²) in [4.78, 5) is 11.4. The van der Waals surface area contributed by atoms with Crippen molar-refractivity contribution in [2.75, 3.05) is 20.8 Å². The summed E-state index contributed by atoms with van der Waals surface area (Å²) in [6, 6.07) is 3.24. The van der Waals surface area contributed by atoms with Crippen molar-refractivity contribution in [3.05, 3.63) is 34.3 Å². The van der Waals surface area contributed by atoms with Crippen LogP contribution in [0.2, 0.25) is 0 Å². The Morgan fingerprint density at radius 3 is 2.60 bits per heavy atom. The molecular weight excluding hydrogens is 328 g/mol. The van der Waals surface area contributed by atoms with Gasteiger partial charge in [-0.05, 0) is 40.5 Å². The number of aliphatic hydroxyl groups is 1. The van der Waals surface area contributed by atoms with Gasteiger partial charge in [-0.2, -0.15) is 0 Å². The van der Waals surface area contributed by atoms with E-state index in [1.54, 1.807) is 12.1 Å². The van der Waals surface area contributed by atoms with E-state index in [-0.39, 0.29) is 5.57 Å². The number of ether oxygens (including phenoxy) is 3. The molecule has 0 aromatic heterocycles. The van der Waals surface area contributed by atoms with E-state index in [0.717, 1.165) is 0 Å². The lowest BCUT2D eigenvalue weighted by molar-refractivity contribution is -0.137. The first-order chi connectivity index (χ1) is 9.46. The number of hydrogen-bond donors (Lipinski definition) is 1. The van der Waals surface area contributed by atoms with Crippen molar-refractivity contribution in [1.82, 2.24) is 0 Å². The van der Waals surface area contributed by atoms with Crippen molar-refractivity contribution in [3.63, 3.8) is 0 Å². The summed E-state index contributed by atoms with van der Waals surface area (Å²) in [5, 5.41) is 10.1. The minimum absolute atomic E-state index is 0.0504. The van der Waals surface area contributed by atoms with Gasteiger partial charge >= 0.3 is 5.97 Å². The Balaban J connectivity index is 3.17. The zero-order valence-electron chi connectivity index (χ0n) is 11.6. The third kappa shape index (κ3) is 3.52. The second-order valence-corrected chi connectivity index (χ2v) is 4.74. The van der Waals surface area contributed by atoms with Gasteiger partial charge in [-0.1, -0.05) is 6.58 Å². The standard InChI is InChI=1S/C14H17BrO5/c1-5-20-13-10(15)6-9(7-11(13)18-3)12(16)8(2)14(17)19-4/h6-7,12,16H,2,5H2,1,3-4H3. The van der Waals surface area contributed by atoms with Gasteiger partial charge in [0.1, 0.15) is 6.10 Å². The van der Waals surface area contributed by atoms with Crippen molar-refractivity contribution in [3.8, 4) is 11.5 Å². The molecule has 20 heavy (non-hydrogen) atoms. The van der Waals surface area contributed by atoms with E-state index in [4.69, 9.17) is 9.47 Å². The van der Waals surface area contributed by atoms with E-state index in [1.165, 1.54) is 14.2 Å². The maximum absolute atomic E-state index is 11.4. The molecule has 0 radical (unpaired) electrons. The molecule has 5 nitrogen and oxygen atoms in total. The quantitative estimate of drug-likeness (QED) is 0.634. The van der Waals surface area contributed by atoms with Gasteiger partial charge in [0, 0.05) is 0 Å². The van der Waals surface area contributed by atoms with Gasteiger partial charge in [-0.25, -0.2) is 4.79 Å². The molecule has 1 atom stereocenters. The predicted octanol–water partition coefficient (Wildman–Crippen LogP) is 2.62. The second-order valence-electron chi connectivity index (χ2n) is 3.89. The first-order valence-electron chi connectivity index (χ1n) is 5.91. The number of benzene rings is 1. The van der Waals surface area contributed by atoms with Crippen LogP contribution in [0.5, 0.6) is 11.5 Å². The summed E-state index contributed by atoms with van der Waals surface area (Å²) in [7, 11) is 2.73. The van der Waals surface area contributed by atoms with Crippen molar-refractivity contribution in [1.29, 1.82) is 0 Å². The van der Waals surface area contributed by atoms with Gasteiger partial charge in [-0.3, -0.25) is 0 Å². The molecule has 110 valence electrons. The first-order valence-corrected chi connectivity index (χ1v) is 6.70. The lowest BCUT2D eigenvalue weighted by Gasteiger charge is -2.17. The summed E-state index contributed by atoms with van der Waals surface area (Å²) in [5.41, 5.74) is 0.401. The Kier molecular flexibility index (Phi) is 6.04. The Morgan fingerprint density at radius 1 is 1.45 bits per heavy atom. The molecule has 0 fully saturated rings. The third-order valence-corrected chi connectivity index (χ3v) is 3.22. The van der Waals surface area contributed by atoms with E-state index in [2.05, 4.69) is 27.2 Å². The van der Waals surface area contributed by atoms with Crippen molar-refractivity contribution in [2.45, 2.75) is 13.0 Å². The molecule has 0 bridgehead atoms. The highest BCUT2D eigenvalue weighted by molar-refractivity contribution is 9.10. The topological polar surface area (TPSA) is 65.0 Å². The maximum Gasteiger partial charge on any atom is 0.336 e.